The molecule has 0 bridgehead atoms. The minimum Gasteiger partial charge on any atom is -0.456 e. The molecule has 3 heterocycles. The number of rotatable bonds is 4. The lowest BCUT2D eigenvalue weighted by atomic mass is 9.67. The molecule has 6 nitrogen and oxygen atoms in total. The average Bonchev–Trinajstić information content (AvgIpc) is 3.94. The van der Waals surface area contributed by atoms with Crippen molar-refractivity contribution in [3.8, 4) is 62.5 Å². The molecular weight excluding hydrogens is 713 g/mol. The van der Waals surface area contributed by atoms with Crippen LogP contribution in [0.3, 0.4) is 0 Å². The Balaban J connectivity index is 0.993. The van der Waals surface area contributed by atoms with Gasteiger partial charge in [-0.25, -0.2) is 15.0 Å². The van der Waals surface area contributed by atoms with Crippen LogP contribution in [-0.2, 0) is 5.41 Å². The van der Waals surface area contributed by atoms with Gasteiger partial charge in [-0.1, -0.05) is 116 Å². The van der Waals surface area contributed by atoms with E-state index in [2.05, 4.69) is 97.1 Å². The highest BCUT2D eigenvalue weighted by Gasteiger charge is 2.44. The number of fused-ring (bicyclic) bond motifs is 11. The van der Waals surface area contributed by atoms with Crippen molar-refractivity contribution in [1.29, 1.82) is 5.26 Å². The standard InChI is InChI=1S/C52H34N4O2/c53-30-31-15-24-42-41(27-31)48-36(11-8-12-43(48)52(42)25-6-1-7-26-52)32-16-18-33(19-17-32)49-54-50(34-20-22-39-37-9-2-4-13-44(37)57-46(39)28-34)56-51(55-49)35-21-23-40-38-10-3-5-14-45(38)58-47(40)29-35/h2-5,8-24,27-29H,1,6-7,25-26H2. The second-order valence-electron chi connectivity index (χ2n) is 15.7. The molecule has 2 aliphatic carbocycles. The van der Waals surface area contributed by atoms with Crippen molar-refractivity contribution in [3.05, 3.63) is 162 Å². The van der Waals surface area contributed by atoms with Gasteiger partial charge in [0, 0.05) is 43.7 Å². The molecule has 0 amide bonds. The van der Waals surface area contributed by atoms with Crippen LogP contribution in [0.5, 0.6) is 0 Å². The van der Waals surface area contributed by atoms with Crippen LogP contribution in [0.2, 0.25) is 0 Å². The second kappa shape index (κ2) is 12.6. The van der Waals surface area contributed by atoms with E-state index in [-0.39, 0.29) is 5.41 Å². The van der Waals surface area contributed by atoms with E-state index in [9.17, 15) is 5.26 Å². The fourth-order valence-electron chi connectivity index (χ4n) is 9.85. The highest BCUT2D eigenvalue weighted by atomic mass is 16.3. The van der Waals surface area contributed by atoms with E-state index in [4.69, 9.17) is 23.8 Å². The fourth-order valence-corrected chi connectivity index (χ4v) is 9.85. The molecule has 0 unspecified atom stereocenters. The van der Waals surface area contributed by atoms with Crippen LogP contribution in [0, 0.1) is 11.3 Å². The first-order valence-corrected chi connectivity index (χ1v) is 20.0. The molecule has 1 spiro atoms. The predicted octanol–water partition coefficient (Wildman–Crippen LogP) is 13.4. The number of hydrogen-bond acceptors (Lipinski definition) is 6. The number of para-hydroxylation sites is 2. The first-order chi connectivity index (χ1) is 28.6. The lowest BCUT2D eigenvalue weighted by Crippen LogP contribution is -2.28. The summed E-state index contributed by atoms with van der Waals surface area (Å²) in [6, 6.07) is 52.6. The molecule has 10 aromatic rings. The summed E-state index contributed by atoms with van der Waals surface area (Å²) in [5.41, 5.74) is 14.0. The third-order valence-electron chi connectivity index (χ3n) is 12.6. The van der Waals surface area contributed by atoms with E-state index in [0.29, 0.717) is 23.0 Å². The molecule has 58 heavy (non-hydrogen) atoms. The topological polar surface area (TPSA) is 88.7 Å². The van der Waals surface area contributed by atoms with Crippen LogP contribution in [0.4, 0.5) is 0 Å². The quantitative estimate of drug-likeness (QED) is 0.178. The maximum Gasteiger partial charge on any atom is 0.164 e. The summed E-state index contributed by atoms with van der Waals surface area (Å²) in [7, 11) is 0. The zero-order chi connectivity index (χ0) is 38.4. The first-order valence-electron chi connectivity index (χ1n) is 20.0. The maximum absolute atomic E-state index is 9.91. The Labute approximate surface area is 334 Å². The maximum atomic E-state index is 9.91. The summed E-state index contributed by atoms with van der Waals surface area (Å²) in [6.07, 6.45) is 5.97. The second-order valence-corrected chi connectivity index (χ2v) is 15.7. The zero-order valence-electron chi connectivity index (χ0n) is 31.5. The molecule has 12 rings (SSSR count). The smallest absolute Gasteiger partial charge is 0.164 e. The van der Waals surface area contributed by atoms with E-state index in [1.54, 1.807) is 0 Å². The lowest BCUT2D eigenvalue weighted by Gasteiger charge is -2.36. The van der Waals surface area contributed by atoms with Crippen molar-refractivity contribution in [2.45, 2.75) is 37.5 Å². The minimum absolute atomic E-state index is 0.00130. The normalized spacial score (nSPS) is 14.3. The molecule has 3 aromatic heterocycles. The van der Waals surface area contributed by atoms with E-state index in [1.165, 1.54) is 47.1 Å². The number of nitriles is 1. The van der Waals surface area contributed by atoms with Gasteiger partial charge in [-0.3, -0.25) is 0 Å². The van der Waals surface area contributed by atoms with Crippen LogP contribution in [-0.4, -0.2) is 15.0 Å². The summed E-state index contributed by atoms with van der Waals surface area (Å²) in [4.78, 5) is 15.3. The number of benzene rings is 7. The van der Waals surface area contributed by atoms with E-state index in [0.717, 1.165) is 79.0 Å². The third kappa shape index (κ3) is 4.93. The SMILES string of the molecule is N#Cc1ccc2c(c1)-c1c(-c3ccc(-c4nc(-c5ccc6c(c5)oc5ccccc56)nc(-c5ccc6c(c5)oc5ccccc56)n4)cc3)cccc1C21CCCCC1. The number of aromatic nitrogens is 3. The Morgan fingerprint density at radius 1 is 0.448 bits per heavy atom. The molecule has 7 aromatic carbocycles. The molecule has 2 aliphatic rings. The molecule has 0 saturated heterocycles. The van der Waals surface area contributed by atoms with Gasteiger partial charge in [0.1, 0.15) is 22.3 Å². The molecule has 274 valence electrons. The summed E-state index contributed by atoms with van der Waals surface area (Å²) >= 11 is 0. The predicted molar refractivity (Wildman–Crippen MR) is 230 cm³/mol. The number of hydrogen-bond donors (Lipinski definition) is 0. The van der Waals surface area contributed by atoms with Gasteiger partial charge in [0.05, 0.1) is 11.6 Å². The van der Waals surface area contributed by atoms with Gasteiger partial charge in [0.25, 0.3) is 0 Å². The van der Waals surface area contributed by atoms with Gasteiger partial charge in [0.15, 0.2) is 17.5 Å². The highest BCUT2D eigenvalue weighted by Crippen LogP contribution is 2.58. The lowest BCUT2D eigenvalue weighted by molar-refractivity contribution is 0.353. The molecular formula is C52H34N4O2. The Kier molecular flexibility index (Phi) is 7.12. The number of nitrogens with zero attached hydrogens (tertiary/aromatic N) is 4. The third-order valence-corrected chi connectivity index (χ3v) is 12.6. The molecule has 0 aliphatic heterocycles. The van der Waals surface area contributed by atoms with Gasteiger partial charge in [-0.15, -0.1) is 0 Å². The van der Waals surface area contributed by atoms with E-state index >= 15 is 0 Å². The van der Waals surface area contributed by atoms with E-state index < -0.39 is 0 Å². The zero-order valence-corrected chi connectivity index (χ0v) is 31.5. The molecule has 0 atom stereocenters. The van der Waals surface area contributed by atoms with Crippen molar-refractivity contribution in [2.24, 2.45) is 0 Å². The Morgan fingerprint density at radius 2 is 1.00 bits per heavy atom. The van der Waals surface area contributed by atoms with Gasteiger partial charge in [-0.05, 0) is 94.8 Å². The molecule has 1 fully saturated rings. The van der Waals surface area contributed by atoms with Gasteiger partial charge in [0.2, 0.25) is 0 Å². The Morgan fingerprint density at radius 3 is 1.62 bits per heavy atom. The van der Waals surface area contributed by atoms with Crippen molar-refractivity contribution in [3.63, 3.8) is 0 Å². The molecule has 0 radical (unpaired) electrons. The average molecular weight is 747 g/mol. The van der Waals surface area contributed by atoms with Crippen LogP contribution in [0.1, 0.15) is 48.8 Å². The van der Waals surface area contributed by atoms with E-state index in [1.807, 2.05) is 54.6 Å². The summed E-state index contributed by atoms with van der Waals surface area (Å²) < 4.78 is 12.6. The molecule has 6 heteroatoms. The van der Waals surface area contributed by atoms with Crippen LogP contribution in [0.15, 0.2) is 154 Å². The number of furan rings is 2. The molecule has 0 N–H and O–H groups in total. The highest BCUT2D eigenvalue weighted by molar-refractivity contribution is 6.07. The molecule has 1 saturated carbocycles. The van der Waals surface area contributed by atoms with Crippen LogP contribution < -0.4 is 0 Å². The van der Waals surface area contributed by atoms with Crippen molar-refractivity contribution in [2.75, 3.05) is 0 Å². The minimum atomic E-state index is 0.00130. The van der Waals surface area contributed by atoms with Gasteiger partial charge in [-0.2, -0.15) is 5.26 Å². The summed E-state index contributed by atoms with van der Waals surface area (Å²) in [5.74, 6) is 1.68. The Bertz CT molecular complexity index is 3210. The van der Waals surface area contributed by atoms with Crippen molar-refractivity contribution >= 4 is 43.9 Å². The van der Waals surface area contributed by atoms with Crippen LogP contribution >= 0.6 is 0 Å². The Hall–Kier alpha value is -7.36. The van der Waals surface area contributed by atoms with Gasteiger partial charge < -0.3 is 8.83 Å². The fraction of sp³-hybridized carbons (Fsp3) is 0.115. The monoisotopic (exact) mass is 746 g/mol. The summed E-state index contributed by atoms with van der Waals surface area (Å²) in [5, 5.41) is 14.2. The largest absolute Gasteiger partial charge is 0.456 e. The van der Waals surface area contributed by atoms with Crippen molar-refractivity contribution in [1.82, 2.24) is 15.0 Å². The van der Waals surface area contributed by atoms with Crippen molar-refractivity contribution < 1.29 is 8.83 Å². The van der Waals surface area contributed by atoms with Crippen LogP contribution in [0.25, 0.3) is 100 Å². The summed E-state index contributed by atoms with van der Waals surface area (Å²) in [6.45, 7) is 0. The van der Waals surface area contributed by atoms with Gasteiger partial charge >= 0.3 is 0 Å². The first kappa shape index (κ1) is 32.8.